The lowest BCUT2D eigenvalue weighted by atomic mass is 10.2. The highest BCUT2D eigenvalue weighted by Gasteiger charge is 2.25. The van der Waals surface area contributed by atoms with E-state index in [9.17, 15) is 13.2 Å². The van der Waals surface area contributed by atoms with Crippen molar-refractivity contribution in [3.63, 3.8) is 0 Å². The number of amides is 1. The maximum atomic E-state index is 12.8. The number of carbonyl (C=O) groups excluding carboxylic acids is 1. The highest BCUT2D eigenvalue weighted by atomic mass is 35.5. The SMILES string of the molecule is O=C(N[C@@H]1CCN(Cc2ccccc2)C1)c1cccc(S(=O)(=O)Nc2cccc(Cl)c2)c1. The van der Waals surface area contributed by atoms with Crippen LogP contribution in [0.15, 0.2) is 83.8 Å². The second kappa shape index (κ2) is 9.73. The van der Waals surface area contributed by atoms with E-state index in [4.69, 9.17) is 11.6 Å². The normalized spacial score (nSPS) is 16.6. The average Bonchev–Trinajstić information content (AvgIpc) is 3.21. The highest BCUT2D eigenvalue weighted by molar-refractivity contribution is 7.92. The van der Waals surface area contributed by atoms with E-state index in [0.717, 1.165) is 26.1 Å². The molecule has 0 bridgehead atoms. The zero-order chi connectivity index (χ0) is 22.6. The van der Waals surface area contributed by atoms with E-state index >= 15 is 0 Å². The summed E-state index contributed by atoms with van der Waals surface area (Å²) < 4.78 is 28.0. The van der Waals surface area contributed by atoms with Gasteiger partial charge in [-0.15, -0.1) is 0 Å². The fourth-order valence-corrected chi connectivity index (χ4v) is 5.06. The van der Waals surface area contributed by atoms with Crippen LogP contribution in [-0.4, -0.2) is 38.4 Å². The van der Waals surface area contributed by atoms with Gasteiger partial charge < -0.3 is 5.32 Å². The first-order valence-electron chi connectivity index (χ1n) is 10.3. The van der Waals surface area contributed by atoms with Gasteiger partial charge in [0.2, 0.25) is 0 Å². The molecular weight excluding hydrogens is 446 g/mol. The van der Waals surface area contributed by atoms with Crippen molar-refractivity contribution in [1.29, 1.82) is 0 Å². The Bertz CT molecular complexity index is 1200. The molecule has 2 N–H and O–H groups in total. The van der Waals surface area contributed by atoms with Gasteiger partial charge in [-0.05, 0) is 48.4 Å². The third-order valence-electron chi connectivity index (χ3n) is 5.34. The van der Waals surface area contributed by atoms with Crippen molar-refractivity contribution in [3.05, 3.63) is 95.0 Å². The first-order valence-corrected chi connectivity index (χ1v) is 12.2. The standard InChI is InChI=1S/C24H24ClN3O3S/c25-20-9-5-10-21(15-20)27-32(30,31)23-11-4-8-19(14-23)24(29)26-22-12-13-28(17-22)16-18-6-2-1-3-7-18/h1-11,14-15,22,27H,12-13,16-17H2,(H,26,29)/t22-/m1/s1. The van der Waals surface area contributed by atoms with Gasteiger partial charge in [0.25, 0.3) is 15.9 Å². The van der Waals surface area contributed by atoms with Crippen molar-refractivity contribution in [2.75, 3.05) is 17.8 Å². The summed E-state index contributed by atoms with van der Waals surface area (Å²) in [7, 11) is -3.85. The molecule has 1 aliphatic rings. The van der Waals surface area contributed by atoms with Crippen LogP contribution in [0.4, 0.5) is 5.69 Å². The fraction of sp³-hybridized carbons (Fsp3) is 0.208. The van der Waals surface area contributed by atoms with Crippen LogP contribution in [0.25, 0.3) is 0 Å². The number of halogens is 1. The Balaban J connectivity index is 1.39. The van der Waals surface area contributed by atoms with Gasteiger partial charge in [-0.25, -0.2) is 8.42 Å². The molecule has 1 atom stereocenters. The maximum absolute atomic E-state index is 12.8. The van der Waals surface area contributed by atoms with E-state index < -0.39 is 10.0 Å². The molecule has 0 radical (unpaired) electrons. The Labute approximate surface area is 193 Å². The molecule has 6 nitrogen and oxygen atoms in total. The lowest BCUT2D eigenvalue weighted by Crippen LogP contribution is -2.37. The number of nitrogens with zero attached hydrogens (tertiary/aromatic N) is 1. The summed E-state index contributed by atoms with van der Waals surface area (Å²) in [6.07, 6.45) is 0.854. The molecule has 0 saturated carbocycles. The maximum Gasteiger partial charge on any atom is 0.261 e. The van der Waals surface area contributed by atoms with E-state index in [1.165, 1.54) is 23.8 Å². The average molecular weight is 470 g/mol. The zero-order valence-electron chi connectivity index (χ0n) is 17.4. The van der Waals surface area contributed by atoms with Crippen LogP contribution in [0.1, 0.15) is 22.3 Å². The highest BCUT2D eigenvalue weighted by Crippen LogP contribution is 2.20. The van der Waals surface area contributed by atoms with Crippen molar-refractivity contribution >= 4 is 33.2 Å². The second-order valence-electron chi connectivity index (χ2n) is 7.82. The van der Waals surface area contributed by atoms with E-state index in [2.05, 4.69) is 27.1 Å². The third kappa shape index (κ3) is 5.68. The Kier molecular flexibility index (Phi) is 6.79. The molecule has 3 aromatic carbocycles. The van der Waals surface area contributed by atoms with Crippen molar-refractivity contribution in [2.45, 2.75) is 23.9 Å². The number of likely N-dealkylation sites (tertiary alicyclic amines) is 1. The number of rotatable bonds is 7. The molecule has 0 unspecified atom stereocenters. The van der Waals surface area contributed by atoms with Crippen LogP contribution in [0, 0.1) is 0 Å². The van der Waals surface area contributed by atoms with Gasteiger partial charge in [-0.2, -0.15) is 0 Å². The van der Waals surface area contributed by atoms with Gasteiger partial charge in [-0.1, -0.05) is 54.1 Å². The summed E-state index contributed by atoms with van der Waals surface area (Å²) >= 11 is 5.93. The Morgan fingerprint density at radius 2 is 1.78 bits per heavy atom. The fourth-order valence-electron chi connectivity index (χ4n) is 3.77. The van der Waals surface area contributed by atoms with Crippen LogP contribution < -0.4 is 10.0 Å². The van der Waals surface area contributed by atoms with Crippen LogP contribution in [0.2, 0.25) is 5.02 Å². The molecule has 0 spiro atoms. The van der Waals surface area contributed by atoms with Gasteiger partial charge in [0.15, 0.2) is 0 Å². The molecule has 1 aliphatic heterocycles. The minimum atomic E-state index is -3.85. The minimum Gasteiger partial charge on any atom is -0.348 e. The van der Waals surface area contributed by atoms with E-state index in [-0.39, 0.29) is 16.8 Å². The number of hydrogen-bond acceptors (Lipinski definition) is 4. The summed E-state index contributed by atoms with van der Waals surface area (Å²) in [5.74, 6) is -0.281. The third-order valence-corrected chi connectivity index (χ3v) is 6.95. The van der Waals surface area contributed by atoms with Crippen LogP contribution >= 0.6 is 11.6 Å². The van der Waals surface area contributed by atoms with Crippen LogP contribution in [-0.2, 0) is 16.6 Å². The van der Waals surface area contributed by atoms with Gasteiger partial charge in [0, 0.05) is 36.3 Å². The lowest BCUT2D eigenvalue weighted by molar-refractivity contribution is 0.0937. The molecule has 1 amide bonds. The molecule has 1 fully saturated rings. The smallest absolute Gasteiger partial charge is 0.261 e. The van der Waals surface area contributed by atoms with Crippen LogP contribution in [0.5, 0.6) is 0 Å². The molecule has 1 saturated heterocycles. The molecule has 3 aromatic rings. The predicted octanol–water partition coefficient (Wildman–Crippen LogP) is 4.15. The number of benzene rings is 3. The molecule has 0 aliphatic carbocycles. The van der Waals surface area contributed by atoms with E-state index in [1.54, 1.807) is 30.3 Å². The summed E-state index contributed by atoms with van der Waals surface area (Å²) in [4.78, 5) is 15.1. The molecule has 32 heavy (non-hydrogen) atoms. The first kappa shape index (κ1) is 22.3. The number of sulfonamides is 1. The Hall–Kier alpha value is -2.87. The molecule has 166 valence electrons. The Morgan fingerprint density at radius 3 is 2.56 bits per heavy atom. The number of anilines is 1. The molecule has 1 heterocycles. The molecule has 4 rings (SSSR count). The van der Waals surface area contributed by atoms with Crippen molar-refractivity contribution in [3.8, 4) is 0 Å². The van der Waals surface area contributed by atoms with Crippen molar-refractivity contribution < 1.29 is 13.2 Å². The summed E-state index contributed by atoms with van der Waals surface area (Å²) in [5.41, 5.74) is 1.90. The zero-order valence-corrected chi connectivity index (χ0v) is 18.9. The Morgan fingerprint density at radius 1 is 1.00 bits per heavy atom. The van der Waals surface area contributed by atoms with Gasteiger partial charge >= 0.3 is 0 Å². The largest absolute Gasteiger partial charge is 0.348 e. The molecule has 0 aromatic heterocycles. The predicted molar refractivity (Wildman–Crippen MR) is 126 cm³/mol. The van der Waals surface area contributed by atoms with E-state index in [0.29, 0.717) is 16.3 Å². The second-order valence-corrected chi connectivity index (χ2v) is 9.94. The summed E-state index contributed by atoms with van der Waals surface area (Å²) in [5, 5.41) is 3.46. The van der Waals surface area contributed by atoms with Crippen LogP contribution in [0.3, 0.4) is 0 Å². The van der Waals surface area contributed by atoms with Crippen molar-refractivity contribution in [1.82, 2.24) is 10.2 Å². The van der Waals surface area contributed by atoms with Crippen molar-refractivity contribution in [2.24, 2.45) is 0 Å². The van der Waals surface area contributed by atoms with Gasteiger partial charge in [0.1, 0.15) is 0 Å². The minimum absolute atomic E-state index is 0.0160. The number of hydrogen-bond donors (Lipinski definition) is 2. The number of nitrogens with one attached hydrogen (secondary N) is 2. The monoisotopic (exact) mass is 469 g/mol. The van der Waals surface area contributed by atoms with Gasteiger partial charge in [-0.3, -0.25) is 14.4 Å². The first-order chi connectivity index (χ1) is 15.4. The summed E-state index contributed by atoms with van der Waals surface area (Å²) in [6.45, 7) is 2.50. The summed E-state index contributed by atoms with van der Waals surface area (Å²) in [6, 6.07) is 22.7. The van der Waals surface area contributed by atoms with E-state index in [1.807, 2.05) is 18.2 Å². The molecular formula is C24H24ClN3O3S. The van der Waals surface area contributed by atoms with Gasteiger partial charge in [0.05, 0.1) is 10.6 Å². The molecule has 8 heteroatoms. The lowest BCUT2D eigenvalue weighted by Gasteiger charge is -2.17. The number of carbonyl (C=O) groups is 1. The topological polar surface area (TPSA) is 78.5 Å². The quantitative estimate of drug-likeness (QED) is 0.545.